The molecule has 3 rings (SSSR count). The quantitative estimate of drug-likeness (QED) is 0.806. The Bertz CT molecular complexity index is 803. The van der Waals surface area contributed by atoms with Crippen LogP contribution in [0.5, 0.6) is 0 Å². The van der Waals surface area contributed by atoms with Crippen LogP contribution in [0.3, 0.4) is 0 Å². The summed E-state index contributed by atoms with van der Waals surface area (Å²) in [5.74, 6) is -0.430. The summed E-state index contributed by atoms with van der Waals surface area (Å²) in [6.45, 7) is 5.46. The van der Waals surface area contributed by atoms with Gasteiger partial charge in [-0.05, 0) is 55.5 Å². The van der Waals surface area contributed by atoms with Crippen molar-refractivity contribution < 1.29 is 14.3 Å². The lowest BCUT2D eigenvalue weighted by Gasteiger charge is -2.29. The third-order valence-electron chi connectivity index (χ3n) is 4.62. The van der Waals surface area contributed by atoms with Crippen LogP contribution < -0.4 is 10.2 Å². The van der Waals surface area contributed by atoms with Gasteiger partial charge in [-0.1, -0.05) is 11.6 Å². The second-order valence-corrected chi connectivity index (χ2v) is 6.96. The molecular weight excluding hydrogens is 378 g/mol. The predicted octanol–water partition coefficient (Wildman–Crippen LogP) is 3.28. The maximum absolute atomic E-state index is 12.6. The molecule has 6 nitrogen and oxygen atoms in total. The van der Waals surface area contributed by atoms with E-state index in [4.69, 9.17) is 16.3 Å². The van der Waals surface area contributed by atoms with E-state index in [2.05, 4.69) is 10.2 Å². The fourth-order valence-corrected chi connectivity index (χ4v) is 3.18. The van der Waals surface area contributed by atoms with E-state index >= 15 is 0 Å². The number of anilines is 2. The molecule has 7 heteroatoms. The molecule has 1 fully saturated rings. The van der Waals surface area contributed by atoms with E-state index in [1.165, 1.54) is 4.90 Å². The minimum atomic E-state index is -0.233. The molecule has 1 aliphatic rings. The van der Waals surface area contributed by atoms with Crippen LogP contribution in [0.2, 0.25) is 5.02 Å². The molecule has 0 aromatic heterocycles. The lowest BCUT2D eigenvalue weighted by atomic mass is 10.2. The highest BCUT2D eigenvalue weighted by atomic mass is 35.5. The van der Waals surface area contributed by atoms with Gasteiger partial charge in [0.2, 0.25) is 5.91 Å². The van der Waals surface area contributed by atoms with E-state index < -0.39 is 0 Å². The third-order valence-corrected chi connectivity index (χ3v) is 4.87. The molecular formula is C21H24ClN3O3. The Balaban J connectivity index is 1.57. The van der Waals surface area contributed by atoms with Crippen molar-refractivity contribution in [1.82, 2.24) is 4.90 Å². The van der Waals surface area contributed by atoms with E-state index in [9.17, 15) is 9.59 Å². The normalized spacial score (nSPS) is 13.9. The van der Waals surface area contributed by atoms with Crippen molar-refractivity contribution in [2.75, 3.05) is 49.6 Å². The lowest BCUT2D eigenvalue weighted by Crippen LogP contribution is -2.38. The zero-order chi connectivity index (χ0) is 19.9. The van der Waals surface area contributed by atoms with Gasteiger partial charge in [0.15, 0.2) is 0 Å². The Morgan fingerprint density at radius 3 is 2.32 bits per heavy atom. The summed E-state index contributed by atoms with van der Waals surface area (Å²) in [6.07, 6.45) is 0. The number of nitrogens with one attached hydrogen (secondary N) is 1. The van der Waals surface area contributed by atoms with Gasteiger partial charge in [0, 0.05) is 41.6 Å². The lowest BCUT2D eigenvalue weighted by molar-refractivity contribution is -0.116. The first-order chi connectivity index (χ1) is 13.6. The fraction of sp³-hybridized carbons (Fsp3) is 0.333. The molecule has 1 aliphatic heterocycles. The number of carbonyl (C=O) groups excluding carboxylic acids is 2. The van der Waals surface area contributed by atoms with Gasteiger partial charge in [0.1, 0.15) is 6.54 Å². The number of hydrogen-bond acceptors (Lipinski definition) is 4. The van der Waals surface area contributed by atoms with Gasteiger partial charge in [-0.2, -0.15) is 0 Å². The molecule has 1 saturated heterocycles. The first kappa shape index (κ1) is 20.2. The Kier molecular flexibility index (Phi) is 6.90. The summed E-state index contributed by atoms with van der Waals surface area (Å²) in [5, 5.41) is 3.42. The molecule has 0 bridgehead atoms. The number of morpholine rings is 1. The summed E-state index contributed by atoms with van der Waals surface area (Å²) in [7, 11) is 0. The first-order valence-electron chi connectivity index (χ1n) is 9.34. The Labute approximate surface area is 170 Å². The second-order valence-electron chi connectivity index (χ2n) is 6.52. The highest BCUT2D eigenvalue weighted by Gasteiger charge is 2.17. The highest BCUT2D eigenvalue weighted by molar-refractivity contribution is 6.30. The van der Waals surface area contributed by atoms with E-state index in [0.717, 1.165) is 32.0 Å². The number of carbonyl (C=O) groups is 2. The zero-order valence-corrected chi connectivity index (χ0v) is 16.6. The van der Waals surface area contributed by atoms with Crippen LogP contribution in [0, 0.1) is 0 Å². The van der Waals surface area contributed by atoms with Crippen molar-refractivity contribution >= 4 is 34.8 Å². The molecule has 1 heterocycles. The largest absolute Gasteiger partial charge is 0.378 e. The van der Waals surface area contributed by atoms with Gasteiger partial charge in [-0.25, -0.2) is 0 Å². The van der Waals surface area contributed by atoms with Gasteiger partial charge in [-0.15, -0.1) is 0 Å². The van der Waals surface area contributed by atoms with Crippen molar-refractivity contribution in [2.45, 2.75) is 6.92 Å². The van der Waals surface area contributed by atoms with Crippen molar-refractivity contribution in [1.29, 1.82) is 0 Å². The monoisotopic (exact) mass is 401 g/mol. The van der Waals surface area contributed by atoms with Crippen molar-refractivity contribution in [2.24, 2.45) is 0 Å². The second kappa shape index (κ2) is 9.57. The third kappa shape index (κ3) is 5.24. The van der Waals surface area contributed by atoms with Gasteiger partial charge >= 0.3 is 0 Å². The number of ether oxygens (including phenoxy) is 1. The molecule has 28 heavy (non-hydrogen) atoms. The topological polar surface area (TPSA) is 61.9 Å². The van der Waals surface area contributed by atoms with Crippen molar-refractivity contribution in [3.05, 3.63) is 59.1 Å². The van der Waals surface area contributed by atoms with Crippen LogP contribution >= 0.6 is 11.6 Å². The van der Waals surface area contributed by atoms with E-state index in [-0.39, 0.29) is 18.4 Å². The van der Waals surface area contributed by atoms with E-state index in [1.807, 2.05) is 31.2 Å². The number of amides is 2. The predicted molar refractivity (Wildman–Crippen MR) is 111 cm³/mol. The smallest absolute Gasteiger partial charge is 0.254 e. The standard InChI is InChI=1S/C21H24ClN3O3/c1-2-24(21(27)16-3-5-17(22)6-4-16)15-20(26)23-18-7-9-19(10-8-18)25-11-13-28-14-12-25/h3-10H,2,11-15H2,1H3,(H,23,26). The summed E-state index contributed by atoms with van der Waals surface area (Å²) in [4.78, 5) is 28.7. The fourth-order valence-electron chi connectivity index (χ4n) is 3.05. The highest BCUT2D eigenvalue weighted by Crippen LogP contribution is 2.19. The molecule has 2 aromatic carbocycles. The van der Waals surface area contributed by atoms with Crippen LogP contribution in [0.4, 0.5) is 11.4 Å². The van der Waals surface area contributed by atoms with Crippen LogP contribution in [0.1, 0.15) is 17.3 Å². The number of hydrogen-bond donors (Lipinski definition) is 1. The van der Waals surface area contributed by atoms with Gasteiger partial charge in [0.25, 0.3) is 5.91 Å². The SMILES string of the molecule is CCN(CC(=O)Nc1ccc(N2CCOCC2)cc1)C(=O)c1ccc(Cl)cc1. The van der Waals surface area contributed by atoms with Crippen molar-refractivity contribution in [3.8, 4) is 0 Å². The molecule has 2 amide bonds. The summed E-state index contributed by atoms with van der Waals surface area (Å²) in [5.41, 5.74) is 2.32. The van der Waals surface area contributed by atoms with Gasteiger partial charge in [0.05, 0.1) is 13.2 Å². The zero-order valence-electron chi connectivity index (χ0n) is 15.9. The molecule has 1 N–H and O–H groups in total. The van der Waals surface area contributed by atoms with E-state index in [1.54, 1.807) is 24.3 Å². The summed E-state index contributed by atoms with van der Waals surface area (Å²) < 4.78 is 5.36. The average Bonchev–Trinajstić information content (AvgIpc) is 2.73. The minimum Gasteiger partial charge on any atom is -0.378 e. The van der Waals surface area contributed by atoms with Gasteiger partial charge in [-0.3, -0.25) is 9.59 Å². The average molecular weight is 402 g/mol. The molecule has 0 aliphatic carbocycles. The molecule has 0 spiro atoms. The Hall–Kier alpha value is -2.57. The first-order valence-corrected chi connectivity index (χ1v) is 9.72. The number of halogens is 1. The molecule has 0 saturated carbocycles. The molecule has 0 unspecified atom stereocenters. The number of likely N-dealkylation sites (N-methyl/N-ethyl adjacent to an activating group) is 1. The van der Waals surface area contributed by atoms with Crippen molar-refractivity contribution in [3.63, 3.8) is 0 Å². The maximum atomic E-state index is 12.6. The number of nitrogens with zero attached hydrogens (tertiary/aromatic N) is 2. The maximum Gasteiger partial charge on any atom is 0.254 e. The van der Waals surface area contributed by atoms with Crippen LogP contribution in [-0.2, 0) is 9.53 Å². The molecule has 2 aromatic rings. The summed E-state index contributed by atoms with van der Waals surface area (Å²) >= 11 is 5.87. The molecule has 0 radical (unpaired) electrons. The minimum absolute atomic E-state index is 0.0107. The van der Waals surface area contributed by atoms with Gasteiger partial charge < -0.3 is 19.9 Å². The number of rotatable bonds is 6. The van der Waals surface area contributed by atoms with Crippen LogP contribution in [0.15, 0.2) is 48.5 Å². The molecule has 0 atom stereocenters. The Morgan fingerprint density at radius 1 is 1.07 bits per heavy atom. The Morgan fingerprint density at radius 2 is 1.71 bits per heavy atom. The van der Waals surface area contributed by atoms with Crippen LogP contribution in [0.25, 0.3) is 0 Å². The van der Waals surface area contributed by atoms with Crippen LogP contribution in [-0.4, -0.2) is 56.1 Å². The molecule has 148 valence electrons. The van der Waals surface area contributed by atoms with E-state index in [0.29, 0.717) is 22.8 Å². The number of benzene rings is 2. The summed E-state index contributed by atoms with van der Waals surface area (Å²) in [6, 6.07) is 14.4.